The number of halogens is 3. The molecule has 3 rings (SSSR count). The number of alkyl halides is 3. The minimum absolute atomic E-state index is 0.122. The highest BCUT2D eigenvalue weighted by Crippen LogP contribution is 2.39. The number of benzene rings is 2. The summed E-state index contributed by atoms with van der Waals surface area (Å²) in [4.78, 5) is 0. The van der Waals surface area contributed by atoms with Crippen molar-refractivity contribution in [3.05, 3.63) is 64.2 Å². The second kappa shape index (κ2) is 8.71. The van der Waals surface area contributed by atoms with Gasteiger partial charge >= 0.3 is 6.18 Å². The number of aromatic nitrogens is 2. The monoisotopic (exact) mass is 437 g/mol. The van der Waals surface area contributed by atoms with E-state index in [-0.39, 0.29) is 29.5 Å². The van der Waals surface area contributed by atoms with Crippen LogP contribution in [-0.2, 0) is 18.1 Å². The number of ether oxygens (including phenoxy) is 1. The van der Waals surface area contributed by atoms with Crippen molar-refractivity contribution in [2.75, 3.05) is 13.2 Å². The van der Waals surface area contributed by atoms with Gasteiger partial charge in [-0.05, 0) is 37.6 Å². The van der Waals surface area contributed by atoms with Gasteiger partial charge in [0.05, 0.1) is 24.3 Å². The van der Waals surface area contributed by atoms with Crippen LogP contribution >= 0.6 is 11.3 Å². The Kier molecular flexibility index (Phi) is 6.44. The second-order valence-electron chi connectivity index (χ2n) is 7.28. The van der Waals surface area contributed by atoms with Gasteiger partial charge in [0.25, 0.3) is 0 Å². The Balaban J connectivity index is 1.82. The van der Waals surface area contributed by atoms with Crippen LogP contribution in [0.15, 0.2) is 42.5 Å². The molecular weight excluding hydrogens is 415 g/mol. The second-order valence-corrected chi connectivity index (χ2v) is 8.26. The zero-order chi connectivity index (χ0) is 21.9. The Bertz CT molecular complexity index is 1020. The van der Waals surface area contributed by atoms with Crippen molar-refractivity contribution >= 4 is 11.3 Å². The number of aliphatic hydroxyl groups excluding tert-OH is 1. The summed E-state index contributed by atoms with van der Waals surface area (Å²) in [6, 6.07) is 11.5. The molecule has 0 aliphatic heterocycles. The van der Waals surface area contributed by atoms with E-state index in [2.05, 4.69) is 10.2 Å². The van der Waals surface area contributed by atoms with E-state index < -0.39 is 17.3 Å². The van der Waals surface area contributed by atoms with Crippen LogP contribution in [0.25, 0.3) is 10.6 Å². The van der Waals surface area contributed by atoms with E-state index in [1.165, 1.54) is 12.1 Å². The minimum Gasteiger partial charge on any atom is -0.493 e. The van der Waals surface area contributed by atoms with Crippen molar-refractivity contribution in [1.82, 2.24) is 10.2 Å². The third kappa shape index (κ3) is 5.16. The summed E-state index contributed by atoms with van der Waals surface area (Å²) >= 11 is 1.04. The maximum atomic E-state index is 13.6. The highest BCUT2D eigenvalue weighted by atomic mass is 32.1. The summed E-state index contributed by atoms with van der Waals surface area (Å²) in [6.07, 6.45) is -4.09. The zero-order valence-electron chi connectivity index (χ0n) is 16.5. The molecule has 0 radical (unpaired) electrons. The van der Waals surface area contributed by atoms with Gasteiger partial charge in [-0.3, -0.25) is 0 Å². The Hall–Kier alpha value is -2.49. The van der Waals surface area contributed by atoms with Crippen molar-refractivity contribution in [1.29, 1.82) is 0 Å². The SMILES string of the molecule is Cc1cccc(CCOc2ccc(-c3nnc([C@@](C)(N)CO)s3)cc2C(F)(F)F)c1. The molecule has 1 atom stereocenters. The van der Waals surface area contributed by atoms with Crippen LogP contribution in [0.3, 0.4) is 0 Å². The maximum absolute atomic E-state index is 13.6. The molecule has 1 aromatic heterocycles. The lowest BCUT2D eigenvalue weighted by atomic mass is 10.1. The lowest BCUT2D eigenvalue weighted by Crippen LogP contribution is -2.36. The molecule has 0 aliphatic rings. The molecule has 0 bridgehead atoms. The Morgan fingerprint density at radius 2 is 1.90 bits per heavy atom. The average molecular weight is 437 g/mol. The molecule has 0 spiro atoms. The molecule has 160 valence electrons. The Morgan fingerprint density at radius 3 is 2.57 bits per heavy atom. The quantitative estimate of drug-likeness (QED) is 0.575. The van der Waals surface area contributed by atoms with E-state index in [1.807, 2.05) is 31.2 Å². The van der Waals surface area contributed by atoms with Crippen molar-refractivity contribution in [2.45, 2.75) is 32.0 Å². The van der Waals surface area contributed by atoms with Gasteiger partial charge in [0, 0.05) is 12.0 Å². The minimum atomic E-state index is -4.59. The van der Waals surface area contributed by atoms with Crippen LogP contribution in [0, 0.1) is 6.92 Å². The third-order valence-electron chi connectivity index (χ3n) is 4.50. The van der Waals surface area contributed by atoms with Crippen LogP contribution < -0.4 is 10.5 Å². The van der Waals surface area contributed by atoms with Gasteiger partial charge in [0.1, 0.15) is 15.8 Å². The number of rotatable bonds is 7. The van der Waals surface area contributed by atoms with E-state index in [0.717, 1.165) is 28.5 Å². The molecule has 2 aromatic carbocycles. The van der Waals surface area contributed by atoms with Gasteiger partial charge in [-0.15, -0.1) is 10.2 Å². The lowest BCUT2D eigenvalue weighted by molar-refractivity contribution is -0.138. The molecule has 0 aliphatic carbocycles. The molecule has 5 nitrogen and oxygen atoms in total. The molecular formula is C21H22F3N3O2S. The zero-order valence-corrected chi connectivity index (χ0v) is 17.3. The molecule has 30 heavy (non-hydrogen) atoms. The molecule has 0 saturated heterocycles. The molecule has 0 unspecified atom stereocenters. The highest BCUT2D eigenvalue weighted by Gasteiger charge is 2.35. The summed E-state index contributed by atoms with van der Waals surface area (Å²) < 4.78 is 46.4. The van der Waals surface area contributed by atoms with Crippen molar-refractivity contribution in [3.8, 4) is 16.3 Å². The maximum Gasteiger partial charge on any atom is 0.419 e. The highest BCUT2D eigenvalue weighted by molar-refractivity contribution is 7.14. The van der Waals surface area contributed by atoms with Gasteiger partial charge in [0.2, 0.25) is 0 Å². The smallest absolute Gasteiger partial charge is 0.419 e. The molecule has 1 heterocycles. The van der Waals surface area contributed by atoms with E-state index >= 15 is 0 Å². The Labute approximate surface area is 176 Å². The number of hydrogen-bond acceptors (Lipinski definition) is 6. The molecule has 3 aromatic rings. The average Bonchev–Trinajstić information content (AvgIpc) is 3.18. The number of aryl methyl sites for hydroxylation is 1. The van der Waals surface area contributed by atoms with Gasteiger partial charge < -0.3 is 15.6 Å². The first-order valence-corrected chi connectivity index (χ1v) is 10.1. The van der Waals surface area contributed by atoms with Crippen LogP contribution in [-0.4, -0.2) is 28.5 Å². The van der Waals surface area contributed by atoms with Crippen LogP contribution in [0.5, 0.6) is 5.75 Å². The molecule has 0 amide bonds. The number of nitrogens with two attached hydrogens (primary N) is 1. The fraction of sp³-hybridized carbons (Fsp3) is 0.333. The third-order valence-corrected chi connectivity index (χ3v) is 5.76. The Morgan fingerprint density at radius 1 is 1.13 bits per heavy atom. The largest absolute Gasteiger partial charge is 0.493 e. The van der Waals surface area contributed by atoms with Gasteiger partial charge in [-0.1, -0.05) is 41.2 Å². The van der Waals surface area contributed by atoms with E-state index in [1.54, 1.807) is 6.92 Å². The number of hydrogen-bond donors (Lipinski definition) is 2. The first kappa shape index (κ1) is 22.2. The summed E-state index contributed by atoms with van der Waals surface area (Å²) in [5, 5.41) is 17.8. The fourth-order valence-corrected chi connectivity index (χ4v) is 3.68. The van der Waals surface area contributed by atoms with Crippen LogP contribution in [0.2, 0.25) is 0 Å². The van der Waals surface area contributed by atoms with E-state index in [0.29, 0.717) is 11.4 Å². The normalized spacial score (nSPS) is 13.8. The van der Waals surface area contributed by atoms with Crippen molar-refractivity contribution in [3.63, 3.8) is 0 Å². The van der Waals surface area contributed by atoms with Crippen molar-refractivity contribution in [2.24, 2.45) is 5.73 Å². The predicted octanol–water partition coefficient (Wildman–Crippen LogP) is 4.32. The summed E-state index contributed by atoms with van der Waals surface area (Å²) in [6.45, 7) is 3.29. The first-order valence-electron chi connectivity index (χ1n) is 9.24. The molecule has 0 fully saturated rings. The van der Waals surface area contributed by atoms with Gasteiger partial charge in [-0.25, -0.2) is 0 Å². The standard InChI is InChI=1S/C21H22F3N3O2S/c1-13-4-3-5-14(10-13)8-9-29-17-7-6-15(11-16(17)21(22,23)24)18-26-27-19(30-18)20(2,25)12-28/h3-7,10-11,28H,8-9,12,25H2,1-2H3/t20-/m0/s1. The number of aliphatic hydroxyl groups is 1. The summed E-state index contributed by atoms with van der Waals surface area (Å²) in [7, 11) is 0. The topological polar surface area (TPSA) is 81.3 Å². The first-order chi connectivity index (χ1) is 14.1. The van der Waals surface area contributed by atoms with E-state index in [4.69, 9.17) is 10.5 Å². The van der Waals surface area contributed by atoms with Crippen LogP contribution in [0.1, 0.15) is 28.6 Å². The fourth-order valence-electron chi connectivity index (χ4n) is 2.80. The van der Waals surface area contributed by atoms with Crippen LogP contribution in [0.4, 0.5) is 13.2 Å². The molecule has 0 saturated carbocycles. The lowest BCUT2D eigenvalue weighted by Gasteiger charge is -2.17. The summed E-state index contributed by atoms with van der Waals surface area (Å²) in [5.74, 6) is -0.234. The molecule has 9 heteroatoms. The summed E-state index contributed by atoms with van der Waals surface area (Å²) in [5.41, 5.74) is 6.27. The molecule has 3 N–H and O–H groups in total. The predicted molar refractivity (Wildman–Crippen MR) is 109 cm³/mol. The van der Waals surface area contributed by atoms with Gasteiger partial charge in [0.15, 0.2) is 0 Å². The number of nitrogens with zero attached hydrogens (tertiary/aromatic N) is 2. The van der Waals surface area contributed by atoms with Crippen molar-refractivity contribution < 1.29 is 23.0 Å². The van der Waals surface area contributed by atoms with E-state index in [9.17, 15) is 18.3 Å². The van der Waals surface area contributed by atoms with Gasteiger partial charge in [-0.2, -0.15) is 13.2 Å².